The van der Waals surface area contributed by atoms with Crippen LogP contribution >= 0.6 is 0 Å². The summed E-state index contributed by atoms with van der Waals surface area (Å²) in [5, 5.41) is 9.44. The summed E-state index contributed by atoms with van der Waals surface area (Å²) in [6, 6.07) is 0. The highest BCUT2D eigenvalue weighted by atomic mass is 16.3. The van der Waals surface area contributed by atoms with Crippen LogP contribution in [-0.4, -0.2) is 42.4 Å². The zero-order valence-corrected chi connectivity index (χ0v) is 8.00. The van der Waals surface area contributed by atoms with Gasteiger partial charge in [-0.05, 0) is 19.3 Å². The number of likely N-dealkylation sites (tertiary alicyclic amines) is 1. The zero-order chi connectivity index (χ0) is 9.03. The van der Waals surface area contributed by atoms with Crippen molar-refractivity contribution in [2.45, 2.75) is 25.4 Å². The molecule has 1 N–H and O–H groups in total. The first-order valence-electron chi connectivity index (χ1n) is 4.80. The quantitative estimate of drug-likeness (QED) is 0.498. The molecule has 0 aromatic carbocycles. The van der Waals surface area contributed by atoms with Gasteiger partial charge in [0.2, 0.25) is 0 Å². The van der Waals surface area contributed by atoms with Gasteiger partial charge in [0, 0.05) is 0 Å². The summed E-state index contributed by atoms with van der Waals surface area (Å²) < 4.78 is 1.02. The topological polar surface area (TPSA) is 20.2 Å². The number of hydrogen-bond donors (Lipinski definition) is 1. The Labute approximate surface area is 75.1 Å². The molecule has 0 radical (unpaired) electrons. The molecule has 12 heavy (non-hydrogen) atoms. The van der Waals surface area contributed by atoms with Gasteiger partial charge in [-0.15, -0.1) is 6.58 Å². The van der Waals surface area contributed by atoms with Gasteiger partial charge in [-0.25, -0.2) is 0 Å². The maximum Gasteiger partial charge on any atom is 0.121 e. The first-order chi connectivity index (χ1) is 5.66. The molecule has 1 rings (SSSR count). The van der Waals surface area contributed by atoms with Crippen LogP contribution in [0.2, 0.25) is 0 Å². The van der Waals surface area contributed by atoms with Crippen LogP contribution in [0.25, 0.3) is 0 Å². The van der Waals surface area contributed by atoms with Crippen molar-refractivity contribution in [3.63, 3.8) is 0 Å². The third-order valence-corrected chi connectivity index (χ3v) is 2.80. The number of hydrogen-bond acceptors (Lipinski definition) is 1. The highest BCUT2D eigenvalue weighted by Gasteiger charge is 2.26. The summed E-state index contributed by atoms with van der Waals surface area (Å²) >= 11 is 0. The Morgan fingerprint density at radius 1 is 1.42 bits per heavy atom. The molecule has 70 valence electrons. The minimum atomic E-state index is -0.326. The van der Waals surface area contributed by atoms with Gasteiger partial charge in [-0.1, -0.05) is 6.08 Å². The lowest BCUT2D eigenvalue weighted by Crippen LogP contribution is -2.51. The van der Waals surface area contributed by atoms with Crippen LogP contribution < -0.4 is 0 Å². The second kappa shape index (κ2) is 4.06. The predicted octanol–water partition coefficient (Wildman–Crippen LogP) is 1.16. The van der Waals surface area contributed by atoms with Crippen molar-refractivity contribution >= 4 is 0 Å². The number of aliphatic hydroxyl groups is 1. The predicted molar refractivity (Wildman–Crippen MR) is 50.8 cm³/mol. The summed E-state index contributed by atoms with van der Waals surface area (Å²) in [6.07, 6.45) is 5.28. The molecule has 0 aliphatic carbocycles. The summed E-state index contributed by atoms with van der Waals surface area (Å²) in [5.41, 5.74) is 0. The SMILES string of the molecule is C=C[C@H](O)C[N+]1(C)CCCCC1. The van der Waals surface area contributed by atoms with Crippen LogP contribution in [0, 0.1) is 0 Å². The first kappa shape index (κ1) is 9.75. The van der Waals surface area contributed by atoms with Crippen LogP contribution in [0.1, 0.15) is 19.3 Å². The average molecular weight is 170 g/mol. The van der Waals surface area contributed by atoms with E-state index in [2.05, 4.69) is 13.6 Å². The summed E-state index contributed by atoms with van der Waals surface area (Å²) in [4.78, 5) is 0. The largest absolute Gasteiger partial charge is 0.383 e. The van der Waals surface area contributed by atoms with Gasteiger partial charge in [-0.2, -0.15) is 0 Å². The van der Waals surface area contributed by atoms with E-state index in [0.717, 1.165) is 11.0 Å². The molecule has 2 nitrogen and oxygen atoms in total. The Kier molecular flexibility index (Phi) is 3.29. The number of aliphatic hydroxyl groups excluding tert-OH is 1. The minimum absolute atomic E-state index is 0.326. The lowest BCUT2D eigenvalue weighted by Gasteiger charge is -2.38. The van der Waals surface area contributed by atoms with E-state index >= 15 is 0 Å². The normalized spacial score (nSPS) is 24.8. The first-order valence-corrected chi connectivity index (χ1v) is 4.80. The molecular formula is C10H20NO+. The van der Waals surface area contributed by atoms with Crippen molar-refractivity contribution in [1.82, 2.24) is 0 Å². The van der Waals surface area contributed by atoms with Gasteiger partial charge < -0.3 is 9.59 Å². The third kappa shape index (κ3) is 2.61. The maximum atomic E-state index is 9.44. The van der Waals surface area contributed by atoms with Crippen LogP contribution in [0.3, 0.4) is 0 Å². The van der Waals surface area contributed by atoms with Crippen molar-refractivity contribution in [2.24, 2.45) is 0 Å². The highest BCUT2D eigenvalue weighted by Crippen LogP contribution is 2.16. The monoisotopic (exact) mass is 170 g/mol. The molecule has 1 aliphatic rings. The van der Waals surface area contributed by atoms with Gasteiger partial charge >= 0.3 is 0 Å². The molecule has 0 spiro atoms. The fourth-order valence-corrected chi connectivity index (χ4v) is 1.98. The fourth-order valence-electron chi connectivity index (χ4n) is 1.98. The van der Waals surface area contributed by atoms with Gasteiger partial charge in [0.05, 0.1) is 20.1 Å². The molecule has 1 atom stereocenters. The van der Waals surface area contributed by atoms with E-state index in [1.54, 1.807) is 6.08 Å². The van der Waals surface area contributed by atoms with Crippen LogP contribution in [0.15, 0.2) is 12.7 Å². The molecule has 0 amide bonds. The van der Waals surface area contributed by atoms with Gasteiger partial charge in [0.15, 0.2) is 0 Å². The second-order valence-electron chi connectivity index (χ2n) is 4.11. The molecule has 0 saturated carbocycles. The van der Waals surface area contributed by atoms with Gasteiger partial charge in [-0.3, -0.25) is 0 Å². The van der Waals surface area contributed by atoms with Crippen molar-refractivity contribution < 1.29 is 9.59 Å². The average Bonchev–Trinajstić information content (AvgIpc) is 2.05. The number of rotatable bonds is 3. The lowest BCUT2D eigenvalue weighted by molar-refractivity contribution is -0.916. The molecule has 1 heterocycles. The molecule has 0 aromatic rings. The van der Waals surface area contributed by atoms with Gasteiger partial charge in [0.25, 0.3) is 0 Å². The Morgan fingerprint density at radius 2 is 2.00 bits per heavy atom. The number of nitrogens with zero attached hydrogens (tertiary/aromatic N) is 1. The molecule has 0 bridgehead atoms. The van der Waals surface area contributed by atoms with E-state index in [1.165, 1.54) is 32.4 Å². The van der Waals surface area contributed by atoms with Crippen LogP contribution in [-0.2, 0) is 0 Å². The maximum absolute atomic E-state index is 9.44. The Hall–Kier alpha value is -0.340. The number of piperidine rings is 1. The van der Waals surface area contributed by atoms with E-state index < -0.39 is 0 Å². The number of quaternary nitrogens is 1. The van der Waals surface area contributed by atoms with Crippen molar-refractivity contribution in [3.05, 3.63) is 12.7 Å². The smallest absolute Gasteiger partial charge is 0.121 e. The van der Waals surface area contributed by atoms with Crippen molar-refractivity contribution in [3.8, 4) is 0 Å². The molecule has 0 aromatic heterocycles. The summed E-state index contributed by atoms with van der Waals surface area (Å²) in [7, 11) is 2.23. The van der Waals surface area contributed by atoms with Crippen LogP contribution in [0.4, 0.5) is 0 Å². The summed E-state index contributed by atoms with van der Waals surface area (Å²) in [5.74, 6) is 0. The lowest BCUT2D eigenvalue weighted by atomic mass is 10.1. The Balaban J connectivity index is 2.40. The van der Waals surface area contributed by atoms with Gasteiger partial charge in [0.1, 0.15) is 12.6 Å². The second-order valence-corrected chi connectivity index (χ2v) is 4.11. The molecule has 1 fully saturated rings. The molecule has 1 saturated heterocycles. The third-order valence-electron chi connectivity index (χ3n) is 2.80. The Morgan fingerprint density at radius 3 is 2.50 bits per heavy atom. The zero-order valence-electron chi connectivity index (χ0n) is 8.00. The minimum Gasteiger partial charge on any atom is -0.383 e. The standard InChI is InChI=1S/C10H20NO/c1-3-10(12)9-11(2)7-5-4-6-8-11/h3,10,12H,1,4-9H2,2H3/q+1/t10-/m0/s1. The summed E-state index contributed by atoms with van der Waals surface area (Å²) in [6.45, 7) is 6.86. The molecule has 1 aliphatic heterocycles. The molecule has 2 heteroatoms. The molecule has 0 unspecified atom stereocenters. The van der Waals surface area contributed by atoms with E-state index in [-0.39, 0.29) is 6.10 Å². The van der Waals surface area contributed by atoms with Crippen molar-refractivity contribution in [1.29, 1.82) is 0 Å². The van der Waals surface area contributed by atoms with Crippen molar-refractivity contribution in [2.75, 3.05) is 26.7 Å². The van der Waals surface area contributed by atoms with Crippen LogP contribution in [0.5, 0.6) is 0 Å². The fraction of sp³-hybridized carbons (Fsp3) is 0.800. The number of likely N-dealkylation sites (N-methyl/N-ethyl adjacent to an activating group) is 1. The van der Waals surface area contributed by atoms with E-state index in [1.807, 2.05) is 0 Å². The van der Waals surface area contributed by atoms with E-state index in [4.69, 9.17) is 0 Å². The highest BCUT2D eigenvalue weighted by molar-refractivity contribution is 4.77. The molecular weight excluding hydrogens is 150 g/mol. The van der Waals surface area contributed by atoms with E-state index in [9.17, 15) is 5.11 Å². The Bertz CT molecular complexity index is 150. The van der Waals surface area contributed by atoms with E-state index in [0.29, 0.717) is 0 Å².